The van der Waals surface area contributed by atoms with Gasteiger partial charge in [0.2, 0.25) is 11.8 Å². The molecule has 0 bridgehead atoms. The normalized spacial score (nSPS) is 19.1. The third-order valence-electron chi connectivity index (χ3n) is 7.30. The lowest BCUT2D eigenvalue weighted by Crippen LogP contribution is -2.53. The van der Waals surface area contributed by atoms with Crippen molar-refractivity contribution in [1.82, 2.24) is 20.1 Å². The molecule has 4 heterocycles. The van der Waals surface area contributed by atoms with E-state index in [1.165, 1.54) is 4.90 Å². The van der Waals surface area contributed by atoms with Crippen molar-refractivity contribution < 1.29 is 33.1 Å². The molecule has 1 N–H and O–H groups in total. The van der Waals surface area contributed by atoms with E-state index >= 15 is 0 Å². The highest BCUT2D eigenvalue weighted by Crippen LogP contribution is 2.32. The van der Waals surface area contributed by atoms with Crippen LogP contribution in [0.4, 0.5) is 4.79 Å². The van der Waals surface area contributed by atoms with E-state index < -0.39 is 18.2 Å². The molecule has 3 atom stereocenters. The number of nitrogens with one attached hydrogen (secondary N) is 1. The van der Waals surface area contributed by atoms with Crippen molar-refractivity contribution in [2.24, 2.45) is 5.92 Å². The van der Waals surface area contributed by atoms with E-state index in [0.29, 0.717) is 36.1 Å². The van der Waals surface area contributed by atoms with Crippen molar-refractivity contribution >= 4 is 34.7 Å². The lowest BCUT2D eigenvalue weighted by Gasteiger charge is -2.28. The quantitative estimate of drug-likeness (QED) is 0.455. The molecule has 5 rings (SSSR count). The summed E-state index contributed by atoms with van der Waals surface area (Å²) in [4.78, 5) is 59.7. The number of benzene rings is 1. The molecular formula is C29H32N4O7. The standard InChI is InChI=1S/C29H32N4O7/c1-17(2)11-21(31-29(37)40-26-14-19-13-20(38-3)6-7-24(19)39-26)28(36)32-10-8-22-27(32)23(34)16-33(22)25(35)12-18-5-4-9-30-15-18/h4-7,9,13-15,17,21-22,27H,8,10-12,16H2,1-3H3,(H,31,37). The topological polar surface area (TPSA) is 131 Å². The fraction of sp³-hybridized carbons (Fsp3) is 0.414. The van der Waals surface area contributed by atoms with Gasteiger partial charge in [-0.25, -0.2) is 4.79 Å². The van der Waals surface area contributed by atoms with Gasteiger partial charge in [0.05, 0.1) is 26.1 Å². The fourth-order valence-electron chi connectivity index (χ4n) is 5.50. The number of furan rings is 1. The van der Waals surface area contributed by atoms with E-state index in [9.17, 15) is 19.2 Å². The van der Waals surface area contributed by atoms with Gasteiger partial charge < -0.3 is 29.0 Å². The second-order valence-corrected chi connectivity index (χ2v) is 10.5. The number of methoxy groups -OCH3 is 1. The number of aromatic nitrogens is 1. The number of ketones is 1. The van der Waals surface area contributed by atoms with Crippen LogP contribution in [0.1, 0.15) is 32.3 Å². The number of carbonyl (C=O) groups is 4. The van der Waals surface area contributed by atoms with Crippen LogP contribution in [0.5, 0.6) is 11.7 Å². The Hall–Kier alpha value is -4.41. The van der Waals surface area contributed by atoms with Gasteiger partial charge in [-0.15, -0.1) is 0 Å². The SMILES string of the molecule is COc1ccc2oc(OC(=O)NC(CC(C)C)C(=O)N3CCC4C3C(=O)CN4C(=O)Cc3cccnc3)cc2c1. The minimum absolute atomic E-state index is 0.0218. The third-order valence-corrected chi connectivity index (χ3v) is 7.30. The first-order chi connectivity index (χ1) is 19.2. The highest BCUT2D eigenvalue weighted by Gasteiger charge is 2.52. The maximum Gasteiger partial charge on any atom is 0.415 e. The molecule has 0 radical (unpaired) electrons. The molecule has 0 saturated carbocycles. The fourth-order valence-corrected chi connectivity index (χ4v) is 5.50. The van der Waals surface area contributed by atoms with E-state index in [4.69, 9.17) is 13.9 Å². The number of fused-ring (bicyclic) bond motifs is 2. The average molecular weight is 549 g/mol. The number of ether oxygens (including phenoxy) is 2. The van der Waals surface area contributed by atoms with E-state index in [1.54, 1.807) is 54.7 Å². The predicted molar refractivity (Wildman–Crippen MR) is 144 cm³/mol. The molecule has 2 fully saturated rings. The van der Waals surface area contributed by atoms with E-state index in [2.05, 4.69) is 10.3 Å². The lowest BCUT2D eigenvalue weighted by molar-refractivity contribution is -0.138. The maximum atomic E-state index is 13.7. The van der Waals surface area contributed by atoms with Crippen LogP contribution in [0.3, 0.4) is 0 Å². The summed E-state index contributed by atoms with van der Waals surface area (Å²) in [6, 6.07) is 8.29. The van der Waals surface area contributed by atoms with Gasteiger partial charge in [0.25, 0.3) is 5.95 Å². The summed E-state index contributed by atoms with van der Waals surface area (Å²) >= 11 is 0. The van der Waals surface area contributed by atoms with Crippen molar-refractivity contribution in [1.29, 1.82) is 0 Å². The van der Waals surface area contributed by atoms with Gasteiger partial charge in [-0.2, -0.15) is 0 Å². The van der Waals surface area contributed by atoms with E-state index in [0.717, 1.165) is 5.56 Å². The van der Waals surface area contributed by atoms with Crippen molar-refractivity contribution in [2.75, 3.05) is 20.2 Å². The number of hydrogen-bond donors (Lipinski definition) is 1. The van der Waals surface area contributed by atoms with Crippen LogP contribution < -0.4 is 14.8 Å². The van der Waals surface area contributed by atoms with Crippen LogP contribution in [0, 0.1) is 5.92 Å². The summed E-state index contributed by atoms with van der Waals surface area (Å²) in [5.41, 5.74) is 1.28. The van der Waals surface area contributed by atoms with E-state index in [-0.39, 0.29) is 48.5 Å². The number of carbonyl (C=O) groups excluding carboxylic acids is 4. The Bertz CT molecular complexity index is 1420. The van der Waals surface area contributed by atoms with E-state index in [1.807, 2.05) is 19.9 Å². The molecule has 1 aromatic carbocycles. The zero-order chi connectivity index (χ0) is 28.4. The molecule has 3 aromatic rings. The van der Waals surface area contributed by atoms with Crippen LogP contribution in [-0.4, -0.2) is 76.8 Å². The van der Waals surface area contributed by atoms with Gasteiger partial charge in [-0.1, -0.05) is 19.9 Å². The first kappa shape index (κ1) is 27.2. The lowest BCUT2D eigenvalue weighted by atomic mass is 10.0. The van der Waals surface area contributed by atoms with Crippen LogP contribution in [-0.2, 0) is 20.8 Å². The number of Topliss-reactive ketones (excluding diaryl/α,β-unsaturated/α-hetero) is 1. The Kier molecular flexibility index (Phi) is 7.72. The zero-order valence-corrected chi connectivity index (χ0v) is 22.7. The Labute approximate surface area is 231 Å². The number of rotatable bonds is 8. The van der Waals surface area contributed by atoms with Crippen LogP contribution in [0.15, 0.2) is 53.2 Å². The highest BCUT2D eigenvalue weighted by atomic mass is 16.6. The Balaban J connectivity index is 1.26. The maximum absolute atomic E-state index is 13.7. The smallest absolute Gasteiger partial charge is 0.415 e. The summed E-state index contributed by atoms with van der Waals surface area (Å²) in [5.74, 6) is -0.0438. The minimum atomic E-state index is -0.913. The van der Waals surface area contributed by atoms with Crippen LogP contribution >= 0.6 is 0 Å². The molecule has 2 saturated heterocycles. The van der Waals surface area contributed by atoms with Gasteiger partial charge in [0.1, 0.15) is 23.4 Å². The summed E-state index contributed by atoms with van der Waals surface area (Å²) in [6.45, 7) is 4.14. The largest absolute Gasteiger partial charge is 0.497 e. The number of likely N-dealkylation sites (tertiary alicyclic amines) is 2. The minimum Gasteiger partial charge on any atom is -0.497 e. The molecule has 11 nitrogen and oxygen atoms in total. The Morgan fingerprint density at radius 1 is 1.18 bits per heavy atom. The Morgan fingerprint density at radius 2 is 2.00 bits per heavy atom. The molecule has 0 aliphatic carbocycles. The number of nitrogens with zero attached hydrogens (tertiary/aromatic N) is 3. The zero-order valence-electron chi connectivity index (χ0n) is 22.7. The summed E-state index contributed by atoms with van der Waals surface area (Å²) in [7, 11) is 1.55. The molecule has 2 aliphatic heterocycles. The number of hydrogen-bond acceptors (Lipinski definition) is 8. The summed E-state index contributed by atoms with van der Waals surface area (Å²) in [5, 5.41) is 3.36. The van der Waals surface area contributed by atoms with Gasteiger partial charge in [-0.3, -0.25) is 19.4 Å². The monoisotopic (exact) mass is 548 g/mol. The predicted octanol–water partition coefficient (Wildman–Crippen LogP) is 2.96. The average Bonchev–Trinajstić information content (AvgIpc) is 3.62. The number of amides is 3. The van der Waals surface area contributed by atoms with Crippen molar-refractivity contribution in [3.8, 4) is 11.7 Å². The Morgan fingerprint density at radius 3 is 2.73 bits per heavy atom. The molecule has 11 heteroatoms. The van der Waals surface area contributed by atoms with Gasteiger partial charge in [-0.05, 0) is 48.6 Å². The molecule has 2 aromatic heterocycles. The molecule has 3 amide bonds. The number of pyridine rings is 1. The second-order valence-electron chi connectivity index (χ2n) is 10.5. The molecule has 210 valence electrons. The second kappa shape index (κ2) is 11.4. The van der Waals surface area contributed by atoms with Crippen LogP contribution in [0.25, 0.3) is 11.0 Å². The third kappa shape index (κ3) is 5.63. The first-order valence-electron chi connectivity index (χ1n) is 13.3. The van der Waals surface area contributed by atoms with Crippen molar-refractivity contribution in [3.05, 3.63) is 54.4 Å². The summed E-state index contributed by atoms with van der Waals surface area (Å²) < 4.78 is 16.2. The first-order valence-corrected chi connectivity index (χ1v) is 13.3. The molecule has 0 spiro atoms. The molecule has 2 aliphatic rings. The van der Waals surface area contributed by atoms with Crippen LogP contribution in [0.2, 0.25) is 0 Å². The van der Waals surface area contributed by atoms with Crippen molar-refractivity contribution in [3.63, 3.8) is 0 Å². The van der Waals surface area contributed by atoms with Crippen molar-refractivity contribution in [2.45, 2.75) is 51.2 Å². The molecule has 40 heavy (non-hydrogen) atoms. The summed E-state index contributed by atoms with van der Waals surface area (Å²) in [6.07, 6.45) is 3.39. The highest BCUT2D eigenvalue weighted by molar-refractivity contribution is 5.99. The molecular weight excluding hydrogens is 516 g/mol. The van der Waals surface area contributed by atoms with Gasteiger partial charge in [0.15, 0.2) is 5.78 Å². The van der Waals surface area contributed by atoms with Gasteiger partial charge in [0, 0.05) is 30.4 Å². The molecule has 3 unspecified atom stereocenters. The van der Waals surface area contributed by atoms with Gasteiger partial charge >= 0.3 is 6.09 Å².